The maximum absolute atomic E-state index is 6.09. The molecule has 0 fully saturated rings. The van der Waals surface area contributed by atoms with E-state index in [1.54, 1.807) is 12.1 Å². The number of nitrogens with zero attached hydrogens (tertiary/aromatic N) is 1. The van der Waals surface area contributed by atoms with Crippen LogP contribution < -0.4 is 0 Å². The van der Waals surface area contributed by atoms with Crippen molar-refractivity contribution in [1.82, 2.24) is 0 Å². The van der Waals surface area contributed by atoms with Gasteiger partial charge in [-0.2, -0.15) is 0 Å². The van der Waals surface area contributed by atoms with Gasteiger partial charge in [-0.3, -0.25) is 0 Å². The van der Waals surface area contributed by atoms with Gasteiger partial charge in [0.05, 0.1) is 10.7 Å². The maximum Gasteiger partial charge on any atom is 0.122 e. The van der Waals surface area contributed by atoms with Gasteiger partial charge in [-0.25, -0.2) is 0 Å². The normalized spacial score (nSPS) is 15.2. The number of hydrogen-bond acceptors (Lipinski definition) is 2. The second-order valence-electron chi connectivity index (χ2n) is 3.15. The zero-order chi connectivity index (χ0) is 10.1. The summed E-state index contributed by atoms with van der Waals surface area (Å²) in [6, 6.07) is 3.58. The van der Waals surface area contributed by atoms with Crippen LogP contribution >= 0.6 is 23.2 Å². The summed E-state index contributed by atoms with van der Waals surface area (Å²) in [5, 5.41) is 5.33. The van der Waals surface area contributed by atoms with Gasteiger partial charge in [-0.1, -0.05) is 28.4 Å². The van der Waals surface area contributed by atoms with E-state index in [-0.39, 0.29) is 0 Å². The molecule has 1 aromatic rings. The SMILES string of the molecule is Cc1c(Cl)ccc(Cl)c1C1=NOCC1. The first-order valence-corrected chi connectivity index (χ1v) is 5.09. The molecular weight excluding hydrogens is 221 g/mol. The third kappa shape index (κ3) is 1.60. The Labute approximate surface area is 92.5 Å². The van der Waals surface area contributed by atoms with Crippen LogP contribution in [-0.2, 0) is 4.84 Å². The standard InChI is InChI=1S/C10H9Cl2NO/c1-6-7(11)2-3-8(12)10(6)9-4-5-14-13-9/h2-3H,4-5H2,1H3. The molecule has 1 aliphatic rings. The number of oxime groups is 1. The minimum Gasteiger partial charge on any atom is -0.395 e. The van der Waals surface area contributed by atoms with Crippen molar-refractivity contribution in [2.45, 2.75) is 13.3 Å². The van der Waals surface area contributed by atoms with E-state index in [0.29, 0.717) is 16.7 Å². The minimum atomic E-state index is 0.623. The van der Waals surface area contributed by atoms with Crippen molar-refractivity contribution in [3.05, 3.63) is 33.3 Å². The number of benzene rings is 1. The molecular formula is C10H9Cl2NO. The second-order valence-corrected chi connectivity index (χ2v) is 3.96. The maximum atomic E-state index is 6.09. The molecule has 0 spiro atoms. The molecule has 74 valence electrons. The molecule has 0 radical (unpaired) electrons. The van der Waals surface area contributed by atoms with Crippen LogP contribution in [0.3, 0.4) is 0 Å². The van der Waals surface area contributed by atoms with Crippen LogP contribution in [0.15, 0.2) is 17.3 Å². The summed E-state index contributed by atoms with van der Waals surface area (Å²) in [6.07, 6.45) is 0.793. The lowest BCUT2D eigenvalue weighted by molar-refractivity contribution is 0.174. The summed E-state index contributed by atoms with van der Waals surface area (Å²) in [5.74, 6) is 0. The Morgan fingerprint density at radius 3 is 2.64 bits per heavy atom. The van der Waals surface area contributed by atoms with Crippen LogP contribution in [0.25, 0.3) is 0 Å². The summed E-state index contributed by atoms with van der Waals surface area (Å²) in [7, 11) is 0. The van der Waals surface area contributed by atoms with Gasteiger partial charge < -0.3 is 4.84 Å². The zero-order valence-electron chi connectivity index (χ0n) is 7.68. The summed E-state index contributed by atoms with van der Waals surface area (Å²) in [4.78, 5) is 4.95. The number of halogens is 2. The molecule has 0 aliphatic carbocycles. The van der Waals surface area contributed by atoms with Gasteiger partial charge in [0, 0.05) is 17.0 Å². The van der Waals surface area contributed by atoms with E-state index in [1.807, 2.05) is 6.92 Å². The predicted octanol–water partition coefficient (Wildman–Crippen LogP) is 3.43. The fraction of sp³-hybridized carbons (Fsp3) is 0.300. The Morgan fingerprint density at radius 2 is 2.00 bits per heavy atom. The first kappa shape index (κ1) is 9.81. The van der Waals surface area contributed by atoms with Crippen LogP contribution in [0.5, 0.6) is 0 Å². The van der Waals surface area contributed by atoms with E-state index >= 15 is 0 Å². The molecule has 0 amide bonds. The Balaban J connectivity index is 2.55. The lowest BCUT2D eigenvalue weighted by Crippen LogP contribution is -2.02. The van der Waals surface area contributed by atoms with E-state index < -0.39 is 0 Å². The van der Waals surface area contributed by atoms with Gasteiger partial charge in [0.2, 0.25) is 0 Å². The van der Waals surface area contributed by atoms with Crippen LogP contribution in [0.2, 0.25) is 10.0 Å². The van der Waals surface area contributed by atoms with Gasteiger partial charge in [0.1, 0.15) is 6.61 Å². The topological polar surface area (TPSA) is 21.6 Å². The van der Waals surface area contributed by atoms with Gasteiger partial charge in [0.15, 0.2) is 0 Å². The van der Waals surface area contributed by atoms with Gasteiger partial charge in [-0.15, -0.1) is 0 Å². The van der Waals surface area contributed by atoms with Crippen molar-refractivity contribution < 1.29 is 4.84 Å². The molecule has 1 heterocycles. The van der Waals surface area contributed by atoms with E-state index in [2.05, 4.69) is 5.16 Å². The fourth-order valence-electron chi connectivity index (χ4n) is 1.49. The molecule has 0 aromatic heterocycles. The monoisotopic (exact) mass is 229 g/mol. The molecule has 0 bridgehead atoms. The second kappa shape index (κ2) is 3.79. The predicted molar refractivity (Wildman–Crippen MR) is 58.3 cm³/mol. The molecule has 0 atom stereocenters. The highest BCUT2D eigenvalue weighted by Crippen LogP contribution is 2.28. The van der Waals surface area contributed by atoms with Crippen molar-refractivity contribution in [3.8, 4) is 0 Å². The van der Waals surface area contributed by atoms with Gasteiger partial charge in [-0.05, 0) is 24.6 Å². The molecule has 14 heavy (non-hydrogen) atoms. The van der Waals surface area contributed by atoms with Crippen LogP contribution in [0.1, 0.15) is 17.5 Å². The first-order chi connectivity index (χ1) is 6.70. The highest BCUT2D eigenvalue weighted by atomic mass is 35.5. The zero-order valence-corrected chi connectivity index (χ0v) is 9.19. The van der Waals surface area contributed by atoms with Crippen molar-refractivity contribution >= 4 is 28.9 Å². The Bertz CT molecular complexity index is 401. The van der Waals surface area contributed by atoms with Crippen molar-refractivity contribution in [3.63, 3.8) is 0 Å². The lowest BCUT2D eigenvalue weighted by atomic mass is 10.0. The molecule has 0 saturated carbocycles. The van der Waals surface area contributed by atoms with Crippen molar-refractivity contribution in [2.24, 2.45) is 5.16 Å². The average molecular weight is 230 g/mol. The minimum absolute atomic E-state index is 0.623. The molecule has 1 aromatic carbocycles. The third-order valence-corrected chi connectivity index (χ3v) is 2.97. The molecule has 0 saturated heterocycles. The summed E-state index contributed by atoms with van der Waals surface area (Å²) < 4.78 is 0. The van der Waals surface area contributed by atoms with E-state index in [1.165, 1.54) is 0 Å². The number of rotatable bonds is 1. The Morgan fingerprint density at radius 1 is 1.29 bits per heavy atom. The lowest BCUT2D eigenvalue weighted by Gasteiger charge is -2.07. The quantitative estimate of drug-likeness (QED) is 0.724. The van der Waals surface area contributed by atoms with Crippen LogP contribution in [-0.4, -0.2) is 12.3 Å². The van der Waals surface area contributed by atoms with Crippen LogP contribution in [0, 0.1) is 6.92 Å². The molecule has 2 rings (SSSR count). The summed E-state index contributed by atoms with van der Waals surface area (Å²) >= 11 is 12.1. The average Bonchev–Trinajstić information content (AvgIpc) is 2.65. The number of hydrogen-bond donors (Lipinski definition) is 0. The van der Waals surface area contributed by atoms with Gasteiger partial charge in [0.25, 0.3) is 0 Å². The molecule has 1 aliphatic heterocycles. The van der Waals surface area contributed by atoms with Crippen molar-refractivity contribution in [2.75, 3.05) is 6.61 Å². The van der Waals surface area contributed by atoms with Crippen LogP contribution in [0.4, 0.5) is 0 Å². The summed E-state index contributed by atoms with van der Waals surface area (Å²) in [6.45, 7) is 2.56. The first-order valence-electron chi connectivity index (χ1n) is 4.34. The van der Waals surface area contributed by atoms with Gasteiger partial charge >= 0.3 is 0 Å². The Hall–Kier alpha value is -0.730. The Kier molecular flexibility index (Phi) is 2.66. The van der Waals surface area contributed by atoms with E-state index in [0.717, 1.165) is 23.3 Å². The van der Waals surface area contributed by atoms with Crippen molar-refractivity contribution in [1.29, 1.82) is 0 Å². The fourth-order valence-corrected chi connectivity index (χ4v) is 1.96. The van der Waals surface area contributed by atoms with E-state index in [9.17, 15) is 0 Å². The molecule has 2 nitrogen and oxygen atoms in total. The molecule has 0 N–H and O–H groups in total. The highest BCUT2D eigenvalue weighted by molar-refractivity contribution is 6.36. The largest absolute Gasteiger partial charge is 0.395 e. The third-order valence-electron chi connectivity index (χ3n) is 2.24. The highest BCUT2D eigenvalue weighted by Gasteiger charge is 2.17. The van der Waals surface area contributed by atoms with E-state index in [4.69, 9.17) is 28.0 Å². The summed E-state index contributed by atoms with van der Waals surface area (Å²) in [5.41, 5.74) is 2.76. The smallest absolute Gasteiger partial charge is 0.122 e. The molecule has 4 heteroatoms. The molecule has 0 unspecified atom stereocenters.